The van der Waals surface area contributed by atoms with E-state index in [2.05, 4.69) is 17.6 Å². The summed E-state index contributed by atoms with van der Waals surface area (Å²) in [6.07, 6.45) is 1.60. The van der Waals surface area contributed by atoms with Gasteiger partial charge in [-0.05, 0) is 43.7 Å². The zero-order chi connectivity index (χ0) is 14.6. The zero-order valence-electron chi connectivity index (χ0n) is 12.1. The molecule has 0 spiro atoms. The van der Waals surface area contributed by atoms with Gasteiger partial charge in [-0.1, -0.05) is 6.92 Å². The first-order valence-electron chi connectivity index (χ1n) is 7.05. The number of benzene rings is 1. The van der Waals surface area contributed by atoms with E-state index in [1.807, 2.05) is 24.3 Å². The third-order valence-corrected chi connectivity index (χ3v) is 4.17. The van der Waals surface area contributed by atoms with Gasteiger partial charge in [0.25, 0.3) is 0 Å². The number of anilines is 1. The molecule has 1 amide bonds. The molecule has 1 heterocycles. The molecule has 1 aliphatic rings. The Bertz CT molecular complexity index is 461. The second-order valence-electron chi connectivity index (χ2n) is 5.25. The van der Waals surface area contributed by atoms with Gasteiger partial charge in [0.05, 0.1) is 7.11 Å². The Morgan fingerprint density at radius 1 is 1.50 bits per heavy atom. The Hall–Kier alpha value is -1.75. The topological polar surface area (TPSA) is 76.4 Å². The standard InChI is InChI=1S/C15H23N3O2/c1-3-11-10-17-9-8-15(11,14(16)19)18-12-4-6-13(20-2)7-5-12/h4-7,11,17-18H,3,8-10H2,1-2H3,(H2,16,19). The molecule has 0 aliphatic carbocycles. The number of nitrogens with two attached hydrogens (primary N) is 1. The van der Waals surface area contributed by atoms with Crippen LogP contribution < -0.4 is 21.1 Å². The molecule has 4 N–H and O–H groups in total. The summed E-state index contributed by atoms with van der Waals surface area (Å²) < 4.78 is 5.14. The van der Waals surface area contributed by atoms with Crippen LogP contribution in [0.4, 0.5) is 5.69 Å². The van der Waals surface area contributed by atoms with E-state index in [9.17, 15) is 4.79 Å². The van der Waals surface area contributed by atoms with Crippen molar-refractivity contribution in [3.63, 3.8) is 0 Å². The molecular weight excluding hydrogens is 254 g/mol. The normalized spacial score (nSPS) is 26.0. The molecule has 2 rings (SSSR count). The number of carbonyl (C=O) groups is 1. The molecule has 0 bridgehead atoms. The summed E-state index contributed by atoms with van der Waals surface area (Å²) in [4.78, 5) is 12.1. The summed E-state index contributed by atoms with van der Waals surface area (Å²) in [6, 6.07) is 7.58. The maximum absolute atomic E-state index is 12.1. The van der Waals surface area contributed by atoms with Gasteiger partial charge < -0.3 is 21.1 Å². The molecule has 1 aliphatic heterocycles. The highest BCUT2D eigenvalue weighted by Crippen LogP contribution is 2.31. The number of carbonyl (C=O) groups excluding carboxylic acids is 1. The third-order valence-electron chi connectivity index (χ3n) is 4.17. The lowest BCUT2D eigenvalue weighted by Gasteiger charge is -2.43. The zero-order valence-corrected chi connectivity index (χ0v) is 12.1. The molecule has 1 aromatic carbocycles. The molecule has 1 aromatic rings. The van der Waals surface area contributed by atoms with Crippen molar-refractivity contribution >= 4 is 11.6 Å². The van der Waals surface area contributed by atoms with E-state index in [4.69, 9.17) is 10.5 Å². The predicted molar refractivity (Wildman–Crippen MR) is 79.8 cm³/mol. The Labute approximate surface area is 119 Å². The highest BCUT2D eigenvalue weighted by Gasteiger charge is 2.44. The van der Waals surface area contributed by atoms with Gasteiger partial charge in [0, 0.05) is 18.2 Å². The lowest BCUT2D eigenvalue weighted by atomic mass is 9.76. The molecular formula is C15H23N3O2. The fourth-order valence-corrected chi connectivity index (χ4v) is 2.92. The number of nitrogens with one attached hydrogen (secondary N) is 2. The fraction of sp³-hybridized carbons (Fsp3) is 0.533. The van der Waals surface area contributed by atoms with E-state index in [1.165, 1.54) is 0 Å². The van der Waals surface area contributed by atoms with Crippen molar-refractivity contribution < 1.29 is 9.53 Å². The number of piperidine rings is 1. The van der Waals surface area contributed by atoms with Crippen molar-refractivity contribution in [1.29, 1.82) is 0 Å². The first-order valence-corrected chi connectivity index (χ1v) is 7.05. The average Bonchev–Trinajstić information content (AvgIpc) is 2.48. The monoisotopic (exact) mass is 277 g/mol. The van der Waals surface area contributed by atoms with Crippen LogP contribution in [0.1, 0.15) is 19.8 Å². The van der Waals surface area contributed by atoms with E-state index < -0.39 is 5.54 Å². The van der Waals surface area contributed by atoms with Gasteiger partial charge in [-0.3, -0.25) is 4.79 Å². The maximum atomic E-state index is 12.1. The number of ether oxygens (including phenoxy) is 1. The smallest absolute Gasteiger partial charge is 0.243 e. The molecule has 2 atom stereocenters. The van der Waals surface area contributed by atoms with Gasteiger partial charge >= 0.3 is 0 Å². The van der Waals surface area contributed by atoms with Gasteiger partial charge in [0.15, 0.2) is 0 Å². The van der Waals surface area contributed by atoms with Crippen molar-refractivity contribution in [3.8, 4) is 5.75 Å². The van der Waals surface area contributed by atoms with Crippen LogP contribution in [0.2, 0.25) is 0 Å². The van der Waals surface area contributed by atoms with Crippen molar-refractivity contribution in [2.24, 2.45) is 11.7 Å². The van der Waals surface area contributed by atoms with Gasteiger partial charge in [0.2, 0.25) is 5.91 Å². The number of methoxy groups -OCH3 is 1. The summed E-state index contributed by atoms with van der Waals surface area (Å²) in [6.45, 7) is 3.69. The van der Waals surface area contributed by atoms with Gasteiger partial charge in [-0.15, -0.1) is 0 Å². The number of hydrogen-bond acceptors (Lipinski definition) is 4. The highest BCUT2D eigenvalue weighted by molar-refractivity contribution is 5.88. The minimum absolute atomic E-state index is 0.191. The van der Waals surface area contributed by atoms with Crippen LogP contribution in [0, 0.1) is 5.92 Å². The number of hydrogen-bond donors (Lipinski definition) is 3. The summed E-state index contributed by atoms with van der Waals surface area (Å²) in [5, 5.41) is 6.71. The molecule has 0 aromatic heterocycles. The summed E-state index contributed by atoms with van der Waals surface area (Å²) >= 11 is 0. The van der Waals surface area contributed by atoms with Crippen LogP contribution in [0.15, 0.2) is 24.3 Å². The fourth-order valence-electron chi connectivity index (χ4n) is 2.92. The van der Waals surface area contributed by atoms with Crippen molar-refractivity contribution in [2.75, 3.05) is 25.5 Å². The Morgan fingerprint density at radius 2 is 2.20 bits per heavy atom. The van der Waals surface area contributed by atoms with Crippen LogP contribution in [-0.2, 0) is 4.79 Å². The highest BCUT2D eigenvalue weighted by atomic mass is 16.5. The first-order chi connectivity index (χ1) is 9.62. The van der Waals surface area contributed by atoms with Crippen molar-refractivity contribution in [2.45, 2.75) is 25.3 Å². The summed E-state index contributed by atoms with van der Waals surface area (Å²) in [7, 11) is 1.63. The number of amides is 1. The largest absolute Gasteiger partial charge is 0.497 e. The minimum atomic E-state index is -0.672. The van der Waals surface area contributed by atoms with Gasteiger partial charge in [-0.25, -0.2) is 0 Å². The van der Waals surface area contributed by atoms with E-state index in [1.54, 1.807) is 7.11 Å². The lowest BCUT2D eigenvalue weighted by molar-refractivity contribution is -0.125. The Morgan fingerprint density at radius 3 is 2.75 bits per heavy atom. The maximum Gasteiger partial charge on any atom is 0.243 e. The molecule has 5 nitrogen and oxygen atoms in total. The average molecular weight is 277 g/mol. The Kier molecular flexibility index (Phi) is 4.49. The molecule has 0 saturated carbocycles. The van der Waals surface area contributed by atoms with Crippen LogP contribution in [0.5, 0.6) is 5.75 Å². The van der Waals surface area contributed by atoms with Crippen LogP contribution >= 0.6 is 0 Å². The van der Waals surface area contributed by atoms with Crippen LogP contribution in [0.25, 0.3) is 0 Å². The van der Waals surface area contributed by atoms with Crippen molar-refractivity contribution in [1.82, 2.24) is 5.32 Å². The van der Waals surface area contributed by atoms with Crippen LogP contribution in [0.3, 0.4) is 0 Å². The van der Waals surface area contributed by atoms with Crippen LogP contribution in [-0.4, -0.2) is 31.6 Å². The third kappa shape index (κ3) is 2.72. The molecule has 1 saturated heterocycles. The predicted octanol–water partition coefficient (Wildman–Crippen LogP) is 1.35. The molecule has 5 heteroatoms. The lowest BCUT2D eigenvalue weighted by Crippen LogP contribution is -2.62. The van der Waals surface area contributed by atoms with Gasteiger partial charge in [-0.2, -0.15) is 0 Å². The summed E-state index contributed by atoms with van der Waals surface area (Å²) in [5.41, 5.74) is 5.94. The number of primary amides is 1. The molecule has 2 unspecified atom stereocenters. The SMILES string of the molecule is CCC1CNCCC1(Nc1ccc(OC)cc1)C(N)=O. The second kappa shape index (κ2) is 6.13. The van der Waals surface area contributed by atoms with E-state index >= 15 is 0 Å². The quantitative estimate of drug-likeness (QED) is 0.759. The second-order valence-corrected chi connectivity index (χ2v) is 5.25. The van der Waals surface area contributed by atoms with E-state index in [0.717, 1.165) is 30.9 Å². The Balaban J connectivity index is 2.25. The number of rotatable bonds is 5. The molecule has 20 heavy (non-hydrogen) atoms. The van der Waals surface area contributed by atoms with E-state index in [-0.39, 0.29) is 11.8 Å². The van der Waals surface area contributed by atoms with Gasteiger partial charge in [0.1, 0.15) is 11.3 Å². The first kappa shape index (κ1) is 14.7. The molecule has 0 radical (unpaired) electrons. The van der Waals surface area contributed by atoms with Crippen molar-refractivity contribution in [3.05, 3.63) is 24.3 Å². The minimum Gasteiger partial charge on any atom is -0.497 e. The molecule has 1 fully saturated rings. The molecule has 110 valence electrons. The summed E-state index contributed by atoms with van der Waals surface area (Å²) in [5.74, 6) is 0.707. The van der Waals surface area contributed by atoms with E-state index in [0.29, 0.717) is 6.42 Å².